The first-order valence-electron chi connectivity index (χ1n) is 6.81. The van der Waals surface area contributed by atoms with Gasteiger partial charge in [-0.25, -0.2) is 4.98 Å². The highest BCUT2D eigenvalue weighted by molar-refractivity contribution is 7.99. The Morgan fingerprint density at radius 2 is 2.45 bits per heavy atom. The lowest BCUT2D eigenvalue weighted by Gasteiger charge is -2.32. The van der Waals surface area contributed by atoms with Crippen LogP contribution in [0.15, 0.2) is 23.4 Å². The maximum atomic E-state index is 11.8. The third kappa shape index (κ3) is 3.27. The molecule has 1 aliphatic rings. The Balaban J connectivity index is 1.90. The third-order valence-corrected chi connectivity index (χ3v) is 5.32. The number of halogens is 1. The van der Waals surface area contributed by atoms with Crippen LogP contribution in [-0.2, 0) is 4.79 Å². The number of likely N-dealkylation sites (N-methyl/N-ethyl adjacent to an activating group) is 1. The van der Waals surface area contributed by atoms with Gasteiger partial charge in [0.15, 0.2) is 0 Å². The number of primary amides is 1. The van der Waals surface area contributed by atoms with Gasteiger partial charge >= 0.3 is 0 Å². The smallest absolute Gasteiger partial charge is 0.238 e. The summed E-state index contributed by atoms with van der Waals surface area (Å²) in [7, 11) is 1.83. The molecule has 0 bridgehead atoms. The SMILES string of the molecule is CNC1(C(N)=O)CCCC1CCSc1ccc(Cl)cn1. The molecule has 0 saturated heterocycles. The van der Waals surface area contributed by atoms with Gasteiger partial charge in [-0.1, -0.05) is 18.0 Å². The molecule has 0 spiro atoms. The second-order valence-corrected chi connectivity index (χ2v) is 6.68. The van der Waals surface area contributed by atoms with Crippen LogP contribution in [-0.4, -0.2) is 29.2 Å². The van der Waals surface area contributed by atoms with Gasteiger partial charge in [0.2, 0.25) is 5.91 Å². The molecule has 1 amide bonds. The zero-order valence-corrected chi connectivity index (χ0v) is 13.1. The fourth-order valence-electron chi connectivity index (χ4n) is 3.00. The van der Waals surface area contributed by atoms with Gasteiger partial charge in [0.05, 0.1) is 10.0 Å². The Kier molecular flexibility index (Phi) is 5.29. The van der Waals surface area contributed by atoms with Crippen molar-refractivity contribution in [3.63, 3.8) is 0 Å². The van der Waals surface area contributed by atoms with Crippen LogP contribution in [0.5, 0.6) is 0 Å². The number of carbonyl (C=O) groups excluding carboxylic acids is 1. The van der Waals surface area contributed by atoms with Crippen LogP contribution < -0.4 is 11.1 Å². The molecule has 1 aromatic rings. The molecular weight excluding hydrogens is 294 g/mol. The van der Waals surface area contributed by atoms with Crippen molar-refractivity contribution in [3.8, 4) is 0 Å². The average Bonchev–Trinajstić information content (AvgIpc) is 2.85. The second-order valence-electron chi connectivity index (χ2n) is 5.13. The van der Waals surface area contributed by atoms with E-state index < -0.39 is 5.54 Å². The fourth-order valence-corrected chi connectivity index (χ4v) is 4.01. The third-order valence-electron chi connectivity index (χ3n) is 4.12. The maximum Gasteiger partial charge on any atom is 0.238 e. The predicted octanol–water partition coefficient (Wildman–Crippen LogP) is 2.46. The summed E-state index contributed by atoms with van der Waals surface area (Å²) in [5, 5.41) is 4.77. The lowest BCUT2D eigenvalue weighted by atomic mass is 9.84. The van der Waals surface area contributed by atoms with Gasteiger partial charge in [-0.15, -0.1) is 11.8 Å². The van der Waals surface area contributed by atoms with E-state index in [-0.39, 0.29) is 5.91 Å². The Morgan fingerprint density at radius 3 is 3.05 bits per heavy atom. The number of carbonyl (C=O) groups is 1. The molecule has 1 aromatic heterocycles. The predicted molar refractivity (Wildman–Crippen MR) is 82.9 cm³/mol. The summed E-state index contributed by atoms with van der Waals surface area (Å²) < 4.78 is 0. The summed E-state index contributed by atoms with van der Waals surface area (Å²) >= 11 is 7.50. The number of rotatable bonds is 6. The van der Waals surface area contributed by atoms with E-state index in [0.717, 1.165) is 36.5 Å². The molecule has 1 heterocycles. The number of pyridine rings is 1. The summed E-state index contributed by atoms with van der Waals surface area (Å²) in [5.41, 5.74) is 5.08. The van der Waals surface area contributed by atoms with Gasteiger partial charge in [0.25, 0.3) is 0 Å². The van der Waals surface area contributed by atoms with Crippen molar-refractivity contribution < 1.29 is 4.79 Å². The highest BCUT2D eigenvalue weighted by Crippen LogP contribution is 2.38. The highest BCUT2D eigenvalue weighted by atomic mass is 35.5. The van der Waals surface area contributed by atoms with E-state index in [2.05, 4.69) is 10.3 Å². The van der Waals surface area contributed by atoms with Crippen molar-refractivity contribution in [3.05, 3.63) is 23.4 Å². The van der Waals surface area contributed by atoms with Crippen molar-refractivity contribution in [1.29, 1.82) is 0 Å². The van der Waals surface area contributed by atoms with E-state index in [4.69, 9.17) is 17.3 Å². The standard InChI is InChI=1S/C14H20ClN3OS/c1-17-14(13(16)19)7-2-3-10(14)6-8-20-12-5-4-11(15)9-18-12/h4-5,9-10,17H,2-3,6-8H2,1H3,(H2,16,19). The molecule has 3 N–H and O–H groups in total. The molecule has 1 fully saturated rings. The van der Waals surface area contributed by atoms with Gasteiger partial charge in [-0.05, 0) is 50.1 Å². The lowest BCUT2D eigenvalue weighted by Crippen LogP contribution is -2.56. The zero-order chi connectivity index (χ0) is 14.6. The minimum absolute atomic E-state index is 0.225. The molecule has 110 valence electrons. The first kappa shape index (κ1) is 15.6. The van der Waals surface area contributed by atoms with E-state index >= 15 is 0 Å². The quantitative estimate of drug-likeness (QED) is 0.792. The van der Waals surface area contributed by atoms with Crippen LogP contribution in [0.25, 0.3) is 0 Å². The van der Waals surface area contributed by atoms with Crippen LogP contribution in [0.2, 0.25) is 5.02 Å². The van der Waals surface area contributed by atoms with Crippen molar-refractivity contribution in [2.24, 2.45) is 11.7 Å². The molecule has 0 aromatic carbocycles. The van der Waals surface area contributed by atoms with Crippen molar-refractivity contribution in [2.45, 2.75) is 36.2 Å². The van der Waals surface area contributed by atoms with E-state index in [1.807, 2.05) is 19.2 Å². The number of nitrogens with zero attached hydrogens (tertiary/aromatic N) is 1. The van der Waals surface area contributed by atoms with Crippen LogP contribution >= 0.6 is 23.4 Å². The fraction of sp³-hybridized carbons (Fsp3) is 0.571. The van der Waals surface area contributed by atoms with Gasteiger partial charge < -0.3 is 11.1 Å². The molecule has 20 heavy (non-hydrogen) atoms. The summed E-state index contributed by atoms with van der Waals surface area (Å²) in [4.78, 5) is 16.0. The summed E-state index contributed by atoms with van der Waals surface area (Å²) in [6, 6.07) is 3.76. The van der Waals surface area contributed by atoms with E-state index in [0.29, 0.717) is 10.9 Å². The molecule has 0 aliphatic heterocycles. The number of thioether (sulfide) groups is 1. The lowest BCUT2D eigenvalue weighted by molar-refractivity contribution is -0.125. The Morgan fingerprint density at radius 1 is 1.65 bits per heavy atom. The Labute approximate surface area is 128 Å². The Hall–Kier alpha value is -0.780. The number of nitrogens with one attached hydrogen (secondary N) is 1. The molecule has 2 unspecified atom stereocenters. The molecule has 2 atom stereocenters. The second kappa shape index (κ2) is 6.78. The van der Waals surface area contributed by atoms with Crippen molar-refractivity contribution >= 4 is 29.3 Å². The molecule has 1 aliphatic carbocycles. The number of nitrogens with two attached hydrogens (primary N) is 1. The van der Waals surface area contributed by atoms with Crippen molar-refractivity contribution in [1.82, 2.24) is 10.3 Å². The van der Waals surface area contributed by atoms with Crippen LogP contribution in [0.4, 0.5) is 0 Å². The summed E-state index contributed by atoms with van der Waals surface area (Å²) in [6.07, 6.45) is 5.56. The van der Waals surface area contributed by atoms with Gasteiger partial charge in [-0.2, -0.15) is 0 Å². The molecule has 1 saturated carbocycles. The topological polar surface area (TPSA) is 68.0 Å². The van der Waals surface area contributed by atoms with Crippen molar-refractivity contribution in [2.75, 3.05) is 12.8 Å². The van der Waals surface area contributed by atoms with E-state index in [9.17, 15) is 4.79 Å². The highest BCUT2D eigenvalue weighted by Gasteiger charge is 2.45. The van der Waals surface area contributed by atoms with Crippen LogP contribution in [0.3, 0.4) is 0 Å². The summed E-state index contributed by atoms with van der Waals surface area (Å²) in [5.74, 6) is 1.01. The molecule has 4 nitrogen and oxygen atoms in total. The molecule has 0 radical (unpaired) electrons. The summed E-state index contributed by atoms with van der Waals surface area (Å²) in [6.45, 7) is 0. The number of amides is 1. The van der Waals surface area contributed by atoms with Gasteiger partial charge in [-0.3, -0.25) is 4.79 Å². The van der Waals surface area contributed by atoms with Gasteiger partial charge in [0, 0.05) is 6.20 Å². The van der Waals surface area contributed by atoms with Gasteiger partial charge in [0.1, 0.15) is 5.54 Å². The number of hydrogen-bond donors (Lipinski definition) is 2. The monoisotopic (exact) mass is 313 g/mol. The minimum Gasteiger partial charge on any atom is -0.368 e. The van der Waals surface area contributed by atoms with E-state index in [1.54, 1.807) is 18.0 Å². The first-order valence-corrected chi connectivity index (χ1v) is 8.18. The minimum atomic E-state index is -0.520. The molecule has 6 heteroatoms. The van der Waals surface area contributed by atoms with Crippen LogP contribution in [0, 0.1) is 5.92 Å². The normalized spacial score (nSPS) is 25.8. The van der Waals surface area contributed by atoms with Crippen LogP contribution in [0.1, 0.15) is 25.7 Å². The first-order chi connectivity index (χ1) is 9.58. The molecular formula is C14H20ClN3OS. The number of aromatic nitrogens is 1. The maximum absolute atomic E-state index is 11.8. The molecule has 2 rings (SSSR count). The average molecular weight is 314 g/mol. The zero-order valence-electron chi connectivity index (χ0n) is 11.6. The number of hydrogen-bond acceptors (Lipinski definition) is 4. The Bertz CT molecular complexity index is 468. The van der Waals surface area contributed by atoms with E-state index in [1.165, 1.54) is 0 Å². The largest absolute Gasteiger partial charge is 0.368 e.